The van der Waals surface area contributed by atoms with E-state index in [2.05, 4.69) is 10.3 Å². The van der Waals surface area contributed by atoms with E-state index >= 15 is 0 Å². The van der Waals surface area contributed by atoms with Crippen molar-refractivity contribution >= 4 is 28.5 Å². The van der Waals surface area contributed by atoms with Crippen LogP contribution in [0, 0.1) is 0 Å². The molecule has 3 rings (SSSR count). The summed E-state index contributed by atoms with van der Waals surface area (Å²) in [5, 5.41) is 8.45. The summed E-state index contributed by atoms with van der Waals surface area (Å²) >= 11 is 2.02. The lowest BCUT2D eigenvalue weighted by Gasteiger charge is -2.21. The smallest absolute Gasteiger partial charge is 0.113 e. The number of nitrogens with zero attached hydrogens (tertiary/aromatic N) is 3. The van der Waals surface area contributed by atoms with Gasteiger partial charge in [-0.2, -0.15) is 11.8 Å². The number of rotatable bonds is 1. The van der Waals surface area contributed by atoms with Crippen molar-refractivity contribution in [1.29, 1.82) is 0 Å². The summed E-state index contributed by atoms with van der Waals surface area (Å²) < 4.78 is 2.05. The first-order valence-corrected chi connectivity index (χ1v) is 6.68. The van der Waals surface area contributed by atoms with E-state index in [0.29, 0.717) is 6.04 Å². The van der Waals surface area contributed by atoms with Crippen LogP contribution in [0.5, 0.6) is 0 Å². The first-order chi connectivity index (χ1) is 7.84. The van der Waals surface area contributed by atoms with Gasteiger partial charge in [-0.3, -0.25) is 0 Å². The van der Waals surface area contributed by atoms with Gasteiger partial charge in [0.05, 0.1) is 11.6 Å². The molecule has 5 heteroatoms. The number of aromatic nitrogens is 3. The fourth-order valence-corrected chi connectivity index (χ4v) is 3.23. The van der Waals surface area contributed by atoms with Crippen LogP contribution in [-0.4, -0.2) is 26.5 Å². The van der Waals surface area contributed by atoms with E-state index in [4.69, 9.17) is 5.73 Å². The number of nitrogen functional groups attached to an aromatic ring is 1. The van der Waals surface area contributed by atoms with E-state index in [-0.39, 0.29) is 0 Å². The fraction of sp³-hybridized carbons (Fsp3) is 0.455. The van der Waals surface area contributed by atoms with Crippen molar-refractivity contribution in [2.24, 2.45) is 0 Å². The highest BCUT2D eigenvalue weighted by atomic mass is 32.2. The minimum atomic E-state index is 0.494. The number of nitrogens with two attached hydrogens (primary N) is 1. The number of anilines is 1. The Kier molecular flexibility index (Phi) is 2.47. The summed E-state index contributed by atoms with van der Waals surface area (Å²) in [5.74, 6) is 2.43. The Morgan fingerprint density at radius 2 is 2.12 bits per heavy atom. The summed E-state index contributed by atoms with van der Waals surface area (Å²) in [6.07, 6.45) is 2.36. The highest BCUT2D eigenvalue weighted by Crippen LogP contribution is 2.29. The predicted octanol–water partition coefficient (Wildman–Crippen LogP) is 2.08. The Morgan fingerprint density at radius 1 is 1.31 bits per heavy atom. The second-order valence-corrected chi connectivity index (χ2v) is 5.35. The van der Waals surface area contributed by atoms with Crippen molar-refractivity contribution < 1.29 is 0 Å². The molecule has 0 unspecified atom stereocenters. The third kappa shape index (κ3) is 1.65. The first-order valence-electron chi connectivity index (χ1n) is 5.53. The molecule has 2 heterocycles. The molecule has 1 aliphatic rings. The maximum atomic E-state index is 5.81. The molecule has 0 spiro atoms. The van der Waals surface area contributed by atoms with Crippen LogP contribution in [0.4, 0.5) is 5.69 Å². The van der Waals surface area contributed by atoms with Gasteiger partial charge in [-0.25, -0.2) is 4.68 Å². The average molecular weight is 234 g/mol. The van der Waals surface area contributed by atoms with E-state index in [9.17, 15) is 0 Å². The van der Waals surface area contributed by atoms with Crippen LogP contribution in [0.2, 0.25) is 0 Å². The summed E-state index contributed by atoms with van der Waals surface area (Å²) in [6.45, 7) is 0. The standard InChI is InChI=1S/C11H14N4S/c12-8-1-2-10-11(7-8)15(14-13-10)9-3-5-16-6-4-9/h1-2,7,9H,3-6,12H2. The largest absolute Gasteiger partial charge is 0.399 e. The minimum Gasteiger partial charge on any atom is -0.399 e. The monoisotopic (exact) mass is 234 g/mol. The lowest BCUT2D eigenvalue weighted by atomic mass is 10.1. The quantitative estimate of drug-likeness (QED) is 0.767. The van der Waals surface area contributed by atoms with Gasteiger partial charge >= 0.3 is 0 Å². The topological polar surface area (TPSA) is 56.7 Å². The summed E-state index contributed by atoms with van der Waals surface area (Å²) in [4.78, 5) is 0. The molecule has 0 amide bonds. The molecule has 1 aromatic carbocycles. The Bertz CT molecular complexity index is 502. The lowest BCUT2D eigenvalue weighted by Crippen LogP contribution is -2.16. The van der Waals surface area contributed by atoms with Gasteiger partial charge in [0.25, 0.3) is 0 Å². The van der Waals surface area contributed by atoms with Gasteiger partial charge in [-0.05, 0) is 42.5 Å². The molecular formula is C11H14N4S. The Balaban J connectivity index is 2.05. The Labute approximate surface area is 98.2 Å². The first kappa shape index (κ1) is 9.96. The molecule has 1 saturated heterocycles. The Hall–Kier alpha value is -1.23. The molecule has 2 aromatic rings. The maximum absolute atomic E-state index is 5.81. The van der Waals surface area contributed by atoms with E-state index in [1.807, 2.05) is 34.6 Å². The summed E-state index contributed by atoms with van der Waals surface area (Å²) in [6, 6.07) is 6.27. The number of hydrogen-bond donors (Lipinski definition) is 1. The van der Waals surface area contributed by atoms with Gasteiger partial charge in [-0.1, -0.05) is 5.21 Å². The van der Waals surface area contributed by atoms with Crippen LogP contribution in [0.25, 0.3) is 11.0 Å². The van der Waals surface area contributed by atoms with Crippen LogP contribution >= 0.6 is 11.8 Å². The minimum absolute atomic E-state index is 0.494. The molecular weight excluding hydrogens is 220 g/mol. The molecule has 0 aliphatic carbocycles. The second kappa shape index (κ2) is 3.97. The SMILES string of the molecule is Nc1ccc2nnn(C3CCSCC3)c2c1. The van der Waals surface area contributed by atoms with Crippen molar-refractivity contribution in [2.45, 2.75) is 18.9 Å². The van der Waals surface area contributed by atoms with E-state index in [1.165, 1.54) is 24.3 Å². The molecule has 0 saturated carbocycles. The maximum Gasteiger partial charge on any atom is 0.113 e. The molecule has 0 radical (unpaired) electrons. The zero-order valence-electron chi connectivity index (χ0n) is 8.97. The highest BCUT2D eigenvalue weighted by molar-refractivity contribution is 7.99. The average Bonchev–Trinajstić information content (AvgIpc) is 2.73. The van der Waals surface area contributed by atoms with Crippen molar-refractivity contribution in [1.82, 2.24) is 15.0 Å². The normalized spacial score (nSPS) is 18.0. The van der Waals surface area contributed by atoms with Crippen LogP contribution in [0.3, 0.4) is 0 Å². The highest BCUT2D eigenvalue weighted by Gasteiger charge is 2.18. The summed E-state index contributed by atoms with van der Waals surface area (Å²) in [7, 11) is 0. The Morgan fingerprint density at radius 3 is 2.94 bits per heavy atom. The van der Waals surface area contributed by atoms with Crippen LogP contribution < -0.4 is 5.73 Å². The van der Waals surface area contributed by atoms with Crippen molar-refractivity contribution in [2.75, 3.05) is 17.2 Å². The molecule has 1 fully saturated rings. The third-order valence-corrected chi connectivity index (χ3v) is 4.08. The number of benzene rings is 1. The molecule has 1 aliphatic heterocycles. The molecule has 4 nitrogen and oxygen atoms in total. The molecule has 2 N–H and O–H groups in total. The third-order valence-electron chi connectivity index (χ3n) is 3.03. The van der Waals surface area contributed by atoms with Gasteiger partial charge < -0.3 is 5.73 Å². The van der Waals surface area contributed by atoms with Crippen LogP contribution in [-0.2, 0) is 0 Å². The van der Waals surface area contributed by atoms with Crippen molar-refractivity contribution in [3.8, 4) is 0 Å². The van der Waals surface area contributed by atoms with Crippen molar-refractivity contribution in [3.63, 3.8) is 0 Å². The fourth-order valence-electron chi connectivity index (χ4n) is 2.15. The van der Waals surface area contributed by atoms with Crippen LogP contribution in [0.1, 0.15) is 18.9 Å². The van der Waals surface area contributed by atoms with Gasteiger partial charge in [0, 0.05) is 5.69 Å². The van der Waals surface area contributed by atoms with Gasteiger partial charge in [-0.15, -0.1) is 5.10 Å². The number of thioether (sulfide) groups is 1. The lowest BCUT2D eigenvalue weighted by molar-refractivity contribution is 0.428. The molecule has 1 aromatic heterocycles. The molecule has 16 heavy (non-hydrogen) atoms. The van der Waals surface area contributed by atoms with E-state index in [0.717, 1.165) is 16.7 Å². The van der Waals surface area contributed by atoms with Gasteiger partial charge in [0.15, 0.2) is 0 Å². The van der Waals surface area contributed by atoms with Crippen molar-refractivity contribution in [3.05, 3.63) is 18.2 Å². The summed E-state index contributed by atoms with van der Waals surface area (Å²) in [5.41, 5.74) is 8.59. The number of hydrogen-bond acceptors (Lipinski definition) is 4. The van der Waals surface area contributed by atoms with Crippen LogP contribution in [0.15, 0.2) is 18.2 Å². The molecule has 0 bridgehead atoms. The van der Waals surface area contributed by atoms with Gasteiger partial charge in [0.1, 0.15) is 5.52 Å². The predicted molar refractivity (Wildman–Crippen MR) is 67.5 cm³/mol. The molecule has 0 atom stereocenters. The van der Waals surface area contributed by atoms with Gasteiger partial charge in [0.2, 0.25) is 0 Å². The number of fused-ring (bicyclic) bond motifs is 1. The molecule has 84 valence electrons. The second-order valence-electron chi connectivity index (χ2n) is 4.13. The zero-order valence-corrected chi connectivity index (χ0v) is 9.78. The zero-order chi connectivity index (χ0) is 11.0. The van der Waals surface area contributed by atoms with E-state index in [1.54, 1.807) is 0 Å². The van der Waals surface area contributed by atoms with E-state index < -0.39 is 0 Å².